The number of hydrogen-bond acceptors (Lipinski definition) is 3. The van der Waals surface area contributed by atoms with Crippen molar-refractivity contribution < 1.29 is 15.0 Å². The van der Waals surface area contributed by atoms with E-state index in [1.807, 2.05) is 0 Å². The first-order valence-electron chi connectivity index (χ1n) is 5.75. The number of aliphatic hydroxyl groups is 1. The van der Waals surface area contributed by atoms with E-state index >= 15 is 0 Å². The lowest BCUT2D eigenvalue weighted by atomic mass is 10.1. The number of amides is 1. The van der Waals surface area contributed by atoms with E-state index in [4.69, 9.17) is 39.9 Å². The molecule has 1 amide bonds. The standard InChI is InChI=1S/C12H12Cl3NO3/c13-7-5-8(14)11(18)9(10(7)15)12(19)16(3-4-17)6-1-2-6/h5-6,17-18H,1-4H2. The number of nitrogens with zero attached hydrogens (tertiary/aromatic N) is 1. The predicted octanol–water partition coefficient (Wildman–Crippen LogP) is 2.95. The van der Waals surface area contributed by atoms with E-state index in [1.54, 1.807) is 0 Å². The Morgan fingerprint density at radius 3 is 2.47 bits per heavy atom. The molecule has 104 valence electrons. The Labute approximate surface area is 125 Å². The predicted molar refractivity (Wildman–Crippen MR) is 74.3 cm³/mol. The lowest BCUT2D eigenvalue weighted by Crippen LogP contribution is -2.35. The van der Waals surface area contributed by atoms with Crippen molar-refractivity contribution in [2.75, 3.05) is 13.2 Å². The SMILES string of the molecule is O=C(c1c(O)c(Cl)cc(Cl)c1Cl)N(CCO)C1CC1. The zero-order valence-corrected chi connectivity index (χ0v) is 12.1. The molecule has 1 aromatic rings. The molecule has 2 N–H and O–H groups in total. The average Bonchev–Trinajstić information content (AvgIpc) is 3.18. The second-order valence-corrected chi connectivity index (χ2v) is 5.52. The topological polar surface area (TPSA) is 60.8 Å². The summed E-state index contributed by atoms with van der Waals surface area (Å²) in [5.41, 5.74) is -0.112. The lowest BCUT2D eigenvalue weighted by Gasteiger charge is -2.22. The molecule has 7 heteroatoms. The van der Waals surface area contributed by atoms with Crippen LogP contribution in [0.15, 0.2) is 6.07 Å². The second kappa shape index (κ2) is 5.75. The zero-order chi connectivity index (χ0) is 14.2. The van der Waals surface area contributed by atoms with E-state index in [0.29, 0.717) is 0 Å². The van der Waals surface area contributed by atoms with Crippen LogP contribution in [0.3, 0.4) is 0 Å². The Kier molecular flexibility index (Phi) is 4.46. The Bertz CT molecular complexity index is 491. The number of benzene rings is 1. The molecule has 1 saturated carbocycles. The quantitative estimate of drug-likeness (QED) is 0.837. The molecule has 0 unspecified atom stereocenters. The maximum atomic E-state index is 12.4. The fraction of sp³-hybridized carbons (Fsp3) is 0.417. The highest BCUT2D eigenvalue weighted by Crippen LogP contribution is 2.40. The summed E-state index contributed by atoms with van der Waals surface area (Å²) in [4.78, 5) is 13.9. The van der Waals surface area contributed by atoms with Crippen molar-refractivity contribution in [2.45, 2.75) is 18.9 Å². The fourth-order valence-electron chi connectivity index (χ4n) is 1.87. The minimum atomic E-state index is -0.469. The lowest BCUT2D eigenvalue weighted by molar-refractivity contribution is 0.0705. The number of aromatic hydroxyl groups is 1. The molecule has 0 aromatic heterocycles. The highest BCUT2D eigenvalue weighted by Gasteiger charge is 2.35. The van der Waals surface area contributed by atoms with Crippen LogP contribution in [0, 0.1) is 0 Å². The maximum absolute atomic E-state index is 12.4. The molecule has 1 aromatic carbocycles. The molecule has 19 heavy (non-hydrogen) atoms. The molecule has 0 spiro atoms. The van der Waals surface area contributed by atoms with Gasteiger partial charge in [0.05, 0.1) is 21.7 Å². The molecular formula is C12H12Cl3NO3. The van der Waals surface area contributed by atoms with Gasteiger partial charge in [-0.05, 0) is 18.9 Å². The molecule has 0 radical (unpaired) electrons. The van der Waals surface area contributed by atoms with Crippen molar-refractivity contribution in [1.29, 1.82) is 0 Å². The van der Waals surface area contributed by atoms with Gasteiger partial charge in [0.25, 0.3) is 5.91 Å². The van der Waals surface area contributed by atoms with Crippen LogP contribution < -0.4 is 0 Å². The smallest absolute Gasteiger partial charge is 0.259 e. The van der Waals surface area contributed by atoms with Crippen LogP contribution in [-0.2, 0) is 0 Å². The molecule has 0 atom stereocenters. The molecule has 0 bridgehead atoms. The van der Waals surface area contributed by atoms with Crippen molar-refractivity contribution in [3.8, 4) is 5.75 Å². The molecule has 0 aliphatic heterocycles. The molecule has 0 heterocycles. The summed E-state index contributed by atoms with van der Waals surface area (Å²) in [5, 5.41) is 19.0. The Morgan fingerprint density at radius 2 is 1.95 bits per heavy atom. The summed E-state index contributed by atoms with van der Waals surface area (Å²) in [6.45, 7) is 0.0261. The van der Waals surface area contributed by atoms with Gasteiger partial charge in [-0.3, -0.25) is 4.79 Å². The third-order valence-electron chi connectivity index (χ3n) is 2.95. The van der Waals surface area contributed by atoms with Gasteiger partial charge in [0.2, 0.25) is 0 Å². The molecule has 1 aliphatic carbocycles. The Balaban J connectivity index is 2.42. The molecule has 1 fully saturated rings. The van der Waals surface area contributed by atoms with Gasteiger partial charge in [-0.1, -0.05) is 34.8 Å². The van der Waals surface area contributed by atoms with Crippen molar-refractivity contribution in [1.82, 2.24) is 4.90 Å². The van der Waals surface area contributed by atoms with E-state index < -0.39 is 5.91 Å². The van der Waals surface area contributed by atoms with Crippen molar-refractivity contribution in [2.24, 2.45) is 0 Å². The average molecular weight is 325 g/mol. The van der Waals surface area contributed by atoms with Gasteiger partial charge in [0, 0.05) is 12.6 Å². The summed E-state index contributed by atoms with van der Waals surface area (Å²) in [6.07, 6.45) is 1.75. The van der Waals surface area contributed by atoms with Gasteiger partial charge < -0.3 is 15.1 Å². The summed E-state index contributed by atoms with van der Waals surface area (Å²) in [5.74, 6) is -0.854. The number of halogens is 3. The minimum absolute atomic E-state index is 0.0301. The van der Waals surface area contributed by atoms with E-state index in [9.17, 15) is 9.90 Å². The number of carbonyl (C=O) groups excluding carboxylic acids is 1. The third-order valence-corrected chi connectivity index (χ3v) is 4.02. The molecule has 1 aliphatic rings. The zero-order valence-electron chi connectivity index (χ0n) is 9.87. The molecule has 4 nitrogen and oxygen atoms in total. The van der Waals surface area contributed by atoms with Crippen LogP contribution in [0.1, 0.15) is 23.2 Å². The number of phenolic OH excluding ortho intramolecular Hbond substituents is 1. The summed E-state index contributed by atoms with van der Waals surface area (Å²) in [7, 11) is 0. The summed E-state index contributed by atoms with van der Waals surface area (Å²) in [6, 6.07) is 1.36. The minimum Gasteiger partial charge on any atom is -0.505 e. The van der Waals surface area contributed by atoms with Crippen molar-refractivity contribution in [3.05, 3.63) is 26.7 Å². The van der Waals surface area contributed by atoms with Crippen LogP contribution in [0.2, 0.25) is 15.1 Å². The Hall–Kier alpha value is -0.680. The first-order chi connectivity index (χ1) is 8.97. The van der Waals surface area contributed by atoms with Crippen molar-refractivity contribution >= 4 is 40.7 Å². The monoisotopic (exact) mass is 323 g/mol. The molecular weight excluding hydrogens is 312 g/mol. The summed E-state index contributed by atoms with van der Waals surface area (Å²) >= 11 is 17.6. The van der Waals surface area contributed by atoms with Gasteiger partial charge in [-0.25, -0.2) is 0 Å². The van der Waals surface area contributed by atoms with Crippen LogP contribution >= 0.6 is 34.8 Å². The summed E-state index contributed by atoms with van der Waals surface area (Å²) < 4.78 is 0. The van der Waals surface area contributed by atoms with E-state index in [1.165, 1.54) is 11.0 Å². The van der Waals surface area contributed by atoms with Crippen LogP contribution in [0.5, 0.6) is 5.75 Å². The number of aliphatic hydroxyl groups excluding tert-OH is 1. The maximum Gasteiger partial charge on any atom is 0.259 e. The highest BCUT2D eigenvalue weighted by atomic mass is 35.5. The first kappa shape index (κ1) is 14.7. The van der Waals surface area contributed by atoms with Gasteiger partial charge >= 0.3 is 0 Å². The highest BCUT2D eigenvalue weighted by molar-refractivity contribution is 6.45. The number of phenols is 1. The number of rotatable bonds is 4. The van der Waals surface area contributed by atoms with E-state index in [2.05, 4.69) is 0 Å². The molecule has 0 saturated heterocycles. The second-order valence-electron chi connectivity index (χ2n) is 4.33. The number of hydrogen-bond donors (Lipinski definition) is 2. The number of carbonyl (C=O) groups is 1. The van der Waals surface area contributed by atoms with Crippen LogP contribution in [0.25, 0.3) is 0 Å². The van der Waals surface area contributed by atoms with Gasteiger partial charge in [-0.2, -0.15) is 0 Å². The van der Waals surface area contributed by atoms with Gasteiger partial charge in [0.1, 0.15) is 11.3 Å². The van der Waals surface area contributed by atoms with Crippen LogP contribution in [0.4, 0.5) is 0 Å². The van der Waals surface area contributed by atoms with Gasteiger partial charge in [-0.15, -0.1) is 0 Å². The fourth-order valence-corrected chi connectivity index (χ4v) is 2.56. The van der Waals surface area contributed by atoms with Crippen molar-refractivity contribution in [3.63, 3.8) is 0 Å². The van der Waals surface area contributed by atoms with Crippen LogP contribution in [-0.4, -0.2) is 40.2 Å². The van der Waals surface area contributed by atoms with Gasteiger partial charge in [0.15, 0.2) is 0 Å². The van der Waals surface area contributed by atoms with E-state index in [-0.39, 0.29) is 45.6 Å². The first-order valence-corrected chi connectivity index (χ1v) is 6.89. The van der Waals surface area contributed by atoms with E-state index in [0.717, 1.165) is 12.8 Å². The Morgan fingerprint density at radius 1 is 1.32 bits per heavy atom. The third kappa shape index (κ3) is 2.92. The largest absolute Gasteiger partial charge is 0.505 e. The molecule has 2 rings (SSSR count). The normalized spacial score (nSPS) is 14.5.